The van der Waals surface area contributed by atoms with Crippen LogP contribution < -0.4 is 0 Å². The fourth-order valence-electron chi connectivity index (χ4n) is 13.8. The highest BCUT2D eigenvalue weighted by Crippen LogP contribution is 2.76. The van der Waals surface area contributed by atoms with Gasteiger partial charge in [-0.15, -0.1) is 0 Å². The van der Waals surface area contributed by atoms with E-state index >= 15 is 4.79 Å². The van der Waals surface area contributed by atoms with E-state index in [-0.39, 0.29) is 29.8 Å². The number of carbonyl (C=O) groups excluding carboxylic acids is 1. The minimum absolute atomic E-state index is 0.0465. The first-order chi connectivity index (χ1) is 27.0. The second-order valence-corrected chi connectivity index (χ2v) is 20.3. The smallest absolute Gasteiger partial charge is 0.315 e. The number of hydrogen-bond donors (Lipinski definition) is 11. The number of aliphatic hydroxyl groups is 11. The van der Waals surface area contributed by atoms with Gasteiger partial charge in [0.25, 0.3) is 0 Å². The molecule has 11 N–H and O–H groups in total. The Kier molecular flexibility index (Phi) is 11.7. The molecule has 4 saturated carbocycles. The average molecular weight is 829 g/mol. The number of fused-ring (bicyclic) bond motifs is 7. The van der Waals surface area contributed by atoms with E-state index in [4.69, 9.17) is 18.9 Å². The van der Waals surface area contributed by atoms with Crippen LogP contribution in [0.3, 0.4) is 0 Å². The first kappa shape index (κ1) is 44.7. The van der Waals surface area contributed by atoms with Gasteiger partial charge < -0.3 is 75.1 Å². The lowest BCUT2D eigenvalue weighted by Gasteiger charge is -2.72. The van der Waals surface area contributed by atoms with Crippen molar-refractivity contribution in [2.24, 2.45) is 50.7 Å². The third kappa shape index (κ3) is 6.17. The summed E-state index contributed by atoms with van der Waals surface area (Å²) in [5.74, 6) is -1.70. The lowest BCUT2D eigenvalue weighted by Crippen LogP contribution is -2.70. The molecule has 7 rings (SSSR count). The third-order valence-corrected chi connectivity index (χ3v) is 17.7. The first-order valence-corrected chi connectivity index (χ1v) is 21.2. The minimum Gasteiger partial charge on any atom is -0.432 e. The fraction of sp³-hybridized carbons (Fsp3) is 0.929. The molecule has 16 nitrogen and oxygen atoms in total. The Morgan fingerprint density at radius 3 is 2.02 bits per heavy atom. The summed E-state index contributed by atoms with van der Waals surface area (Å²) in [4.78, 5) is 15.1. The molecule has 16 heteroatoms. The predicted octanol–water partition coefficient (Wildman–Crippen LogP) is -0.770. The van der Waals surface area contributed by atoms with Crippen LogP contribution in [0.2, 0.25) is 0 Å². The molecule has 0 bridgehead atoms. The van der Waals surface area contributed by atoms with Gasteiger partial charge in [-0.05, 0) is 92.3 Å². The third-order valence-electron chi connectivity index (χ3n) is 17.7. The SMILES string of the molecule is CC1CCC2(C(=O)OC3OC(CO)C(O)C(O)C3OC3OC(CO)C(O)C(O)C3O)CCC3(C)C(=CCC4C5(C)CC(O)C(O)C(C)(CO)C5CCC43C)C2C1(C)O. The summed E-state index contributed by atoms with van der Waals surface area (Å²) in [7, 11) is 0. The van der Waals surface area contributed by atoms with Crippen molar-refractivity contribution < 1.29 is 79.9 Å². The normalized spacial score (nSPS) is 56.9. The molecule has 2 saturated heterocycles. The van der Waals surface area contributed by atoms with Gasteiger partial charge in [-0.1, -0.05) is 46.3 Å². The number of hydrogen-bond acceptors (Lipinski definition) is 16. The van der Waals surface area contributed by atoms with Gasteiger partial charge in [-0.25, -0.2) is 0 Å². The maximum absolute atomic E-state index is 15.1. The second-order valence-electron chi connectivity index (χ2n) is 20.3. The Labute approximate surface area is 339 Å². The van der Waals surface area contributed by atoms with Crippen molar-refractivity contribution >= 4 is 5.97 Å². The van der Waals surface area contributed by atoms with E-state index in [0.717, 1.165) is 12.0 Å². The molecule has 0 amide bonds. The molecule has 0 aromatic rings. The maximum Gasteiger partial charge on any atom is 0.315 e. The predicted molar refractivity (Wildman–Crippen MR) is 202 cm³/mol. The lowest BCUT2D eigenvalue weighted by atomic mass is 9.33. The molecule has 5 aliphatic carbocycles. The van der Waals surface area contributed by atoms with Crippen LogP contribution in [0, 0.1) is 50.7 Å². The Morgan fingerprint density at radius 1 is 0.776 bits per heavy atom. The van der Waals surface area contributed by atoms with E-state index in [1.54, 1.807) is 6.92 Å². The summed E-state index contributed by atoms with van der Waals surface area (Å²) < 4.78 is 23.4. The number of allylic oxidation sites excluding steroid dienone is 1. The van der Waals surface area contributed by atoms with Crippen molar-refractivity contribution in [3.05, 3.63) is 11.6 Å². The number of esters is 1. The molecule has 7 aliphatic rings. The second kappa shape index (κ2) is 15.2. The lowest BCUT2D eigenvalue weighted by molar-refractivity contribution is -0.364. The summed E-state index contributed by atoms with van der Waals surface area (Å²) in [6, 6.07) is 0. The monoisotopic (exact) mass is 828 g/mol. The Hall–Kier alpha value is -1.35. The Bertz CT molecular complexity index is 1570. The molecule has 22 atom stereocenters. The quantitative estimate of drug-likeness (QED) is 0.111. The summed E-state index contributed by atoms with van der Waals surface area (Å²) in [5.41, 5.74) is -3.94. The van der Waals surface area contributed by atoms with Gasteiger partial charge in [-0.2, -0.15) is 0 Å². The molecule has 22 unspecified atom stereocenters. The van der Waals surface area contributed by atoms with E-state index < -0.39 is 126 Å². The summed E-state index contributed by atoms with van der Waals surface area (Å²) in [6.45, 7) is 10.5. The van der Waals surface area contributed by atoms with Crippen LogP contribution in [0.25, 0.3) is 0 Å². The van der Waals surface area contributed by atoms with Gasteiger partial charge in [0.05, 0.1) is 43.0 Å². The molecule has 2 heterocycles. The van der Waals surface area contributed by atoms with E-state index in [2.05, 4.69) is 26.8 Å². The molecule has 0 aromatic carbocycles. The standard InChI is InChI=1S/C42H68O16/c1-19-9-12-42(36(53)58-35-31(29(50)27(48)23(17-44)56-35)57-34-30(51)28(49)26(47)22(16-43)55-34)14-13-39(4)20(32(42)41(19,6)54)7-8-25-37(2)15-21(46)33(52)38(3,18-45)24(37)10-11-40(25,39)5/h7,19,21-35,43-52,54H,8-18H2,1-6H3. The van der Waals surface area contributed by atoms with Crippen LogP contribution in [-0.2, 0) is 23.7 Å². The van der Waals surface area contributed by atoms with E-state index in [0.29, 0.717) is 44.9 Å². The molecule has 2 aliphatic heterocycles. The highest BCUT2D eigenvalue weighted by Gasteiger charge is 2.73. The topological polar surface area (TPSA) is 277 Å². The largest absolute Gasteiger partial charge is 0.432 e. The van der Waals surface area contributed by atoms with Crippen molar-refractivity contribution in [2.75, 3.05) is 19.8 Å². The number of aliphatic hydroxyl groups excluding tert-OH is 10. The van der Waals surface area contributed by atoms with Crippen molar-refractivity contribution in [3.63, 3.8) is 0 Å². The molecule has 332 valence electrons. The number of carbonyl (C=O) groups is 1. The van der Waals surface area contributed by atoms with Crippen LogP contribution in [0.1, 0.15) is 92.9 Å². The van der Waals surface area contributed by atoms with Gasteiger partial charge in [0.2, 0.25) is 6.29 Å². The van der Waals surface area contributed by atoms with Gasteiger partial charge in [0, 0.05) is 11.3 Å². The van der Waals surface area contributed by atoms with Crippen LogP contribution >= 0.6 is 0 Å². The van der Waals surface area contributed by atoms with Crippen molar-refractivity contribution in [1.29, 1.82) is 0 Å². The van der Waals surface area contributed by atoms with Gasteiger partial charge in [-0.3, -0.25) is 4.79 Å². The Balaban J connectivity index is 1.24. The van der Waals surface area contributed by atoms with Crippen molar-refractivity contribution in [2.45, 2.75) is 172 Å². The highest BCUT2D eigenvalue weighted by atomic mass is 16.8. The van der Waals surface area contributed by atoms with E-state index in [1.165, 1.54) is 0 Å². The number of ether oxygens (including phenoxy) is 4. The Morgan fingerprint density at radius 2 is 1.40 bits per heavy atom. The zero-order chi connectivity index (χ0) is 42.7. The molecule has 6 fully saturated rings. The van der Waals surface area contributed by atoms with Crippen LogP contribution in [0.15, 0.2) is 11.6 Å². The van der Waals surface area contributed by atoms with Crippen LogP contribution in [0.4, 0.5) is 0 Å². The zero-order valence-corrected chi connectivity index (χ0v) is 34.6. The summed E-state index contributed by atoms with van der Waals surface area (Å²) in [6.07, 6.45) is -12.9. The average Bonchev–Trinajstić information content (AvgIpc) is 3.18. The number of rotatable bonds is 7. The van der Waals surface area contributed by atoms with Crippen LogP contribution in [-0.4, -0.2) is 161 Å². The highest BCUT2D eigenvalue weighted by molar-refractivity contribution is 5.79. The molecule has 0 spiro atoms. The summed E-state index contributed by atoms with van der Waals surface area (Å²) in [5, 5.41) is 119. The van der Waals surface area contributed by atoms with Gasteiger partial charge in [0.1, 0.15) is 42.7 Å². The molecular weight excluding hydrogens is 760 g/mol. The van der Waals surface area contributed by atoms with E-state index in [9.17, 15) is 56.2 Å². The van der Waals surface area contributed by atoms with Crippen molar-refractivity contribution in [1.82, 2.24) is 0 Å². The fourth-order valence-corrected chi connectivity index (χ4v) is 13.8. The molecule has 58 heavy (non-hydrogen) atoms. The molecule has 0 radical (unpaired) electrons. The molecular formula is C42H68O16. The maximum atomic E-state index is 15.1. The summed E-state index contributed by atoms with van der Waals surface area (Å²) >= 11 is 0. The minimum atomic E-state index is -1.89. The van der Waals surface area contributed by atoms with Crippen molar-refractivity contribution in [3.8, 4) is 0 Å². The van der Waals surface area contributed by atoms with Gasteiger partial charge in [0.15, 0.2) is 12.4 Å². The zero-order valence-electron chi connectivity index (χ0n) is 34.6. The van der Waals surface area contributed by atoms with Crippen LogP contribution in [0.5, 0.6) is 0 Å². The molecule has 0 aromatic heterocycles. The van der Waals surface area contributed by atoms with Gasteiger partial charge >= 0.3 is 5.97 Å². The van der Waals surface area contributed by atoms with E-state index in [1.807, 2.05) is 13.8 Å². The first-order valence-electron chi connectivity index (χ1n) is 21.2.